The van der Waals surface area contributed by atoms with Crippen LogP contribution in [-0.2, 0) is 16.5 Å². The van der Waals surface area contributed by atoms with Crippen molar-refractivity contribution in [1.82, 2.24) is 0 Å². The number of hydrogen-bond acceptors (Lipinski definition) is 3. The minimum absolute atomic E-state index is 0. The molecule has 2 aromatic carbocycles. The third-order valence-electron chi connectivity index (χ3n) is 3.73. The molecule has 0 atom stereocenters. The number of rotatable bonds is 7. The van der Waals surface area contributed by atoms with Gasteiger partial charge in [0.25, 0.3) is 0 Å². The fourth-order valence-electron chi connectivity index (χ4n) is 2.52. The smallest absolute Gasteiger partial charge is 0.744 e. The monoisotopic (exact) mass is 328 g/mol. The van der Waals surface area contributed by atoms with E-state index in [1.165, 1.54) is 43.4 Å². The van der Waals surface area contributed by atoms with Crippen molar-refractivity contribution in [3.63, 3.8) is 0 Å². The van der Waals surface area contributed by atoms with Crippen LogP contribution in [0.4, 0.5) is 0 Å². The molecule has 0 saturated heterocycles. The molecule has 114 valence electrons. The van der Waals surface area contributed by atoms with Gasteiger partial charge in [-0.1, -0.05) is 56.9 Å². The van der Waals surface area contributed by atoms with E-state index in [-0.39, 0.29) is 34.5 Å². The van der Waals surface area contributed by atoms with Gasteiger partial charge in [0.1, 0.15) is 10.1 Å². The number of benzene rings is 2. The summed E-state index contributed by atoms with van der Waals surface area (Å²) in [6.45, 7) is 2.20. The van der Waals surface area contributed by atoms with Crippen molar-refractivity contribution in [3.8, 4) is 0 Å². The molecule has 0 spiro atoms. The molecule has 0 aliphatic rings. The van der Waals surface area contributed by atoms with E-state index in [9.17, 15) is 13.0 Å². The Hall–Kier alpha value is -0.390. The van der Waals surface area contributed by atoms with Gasteiger partial charge >= 0.3 is 29.6 Å². The second-order valence-corrected chi connectivity index (χ2v) is 6.84. The molecule has 2 aromatic rings. The Labute approximate surface area is 155 Å². The first-order valence-corrected chi connectivity index (χ1v) is 8.90. The summed E-state index contributed by atoms with van der Waals surface area (Å²) in [6, 6.07) is 10.6. The van der Waals surface area contributed by atoms with Crippen LogP contribution in [-0.4, -0.2) is 13.0 Å². The van der Waals surface area contributed by atoms with Crippen molar-refractivity contribution in [2.24, 2.45) is 0 Å². The first kappa shape index (κ1) is 19.7. The maximum Gasteiger partial charge on any atom is 1.00 e. The Morgan fingerprint density at radius 3 is 2.27 bits per heavy atom. The maximum atomic E-state index is 11.1. The largest absolute Gasteiger partial charge is 1.00 e. The molecule has 0 aliphatic heterocycles. The quantitative estimate of drug-likeness (QED) is 0.437. The van der Waals surface area contributed by atoms with E-state index < -0.39 is 10.1 Å². The Morgan fingerprint density at radius 2 is 1.59 bits per heavy atom. The molecule has 0 saturated carbocycles. The zero-order valence-electron chi connectivity index (χ0n) is 13.3. The number of fused-ring (bicyclic) bond motifs is 1. The first-order valence-electron chi connectivity index (χ1n) is 7.49. The van der Waals surface area contributed by atoms with Crippen LogP contribution >= 0.6 is 0 Å². The predicted molar refractivity (Wildman–Crippen MR) is 84.4 cm³/mol. The van der Waals surface area contributed by atoms with Gasteiger partial charge in [0.05, 0.1) is 4.90 Å². The Morgan fingerprint density at radius 1 is 0.909 bits per heavy atom. The summed E-state index contributed by atoms with van der Waals surface area (Å²) >= 11 is 0. The van der Waals surface area contributed by atoms with Crippen molar-refractivity contribution in [1.29, 1.82) is 0 Å². The van der Waals surface area contributed by atoms with E-state index in [1.807, 2.05) is 12.1 Å². The van der Waals surface area contributed by atoms with Crippen LogP contribution in [0.1, 0.15) is 44.6 Å². The number of aryl methyl sites for hydroxylation is 1. The third kappa shape index (κ3) is 5.67. The number of unbranched alkanes of at least 4 members (excludes halogenated alkanes) is 4. The Bertz CT molecular complexity index is 711. The summed E-state index contributed by atoms with van der Waals surface area (Å²) in [7, 11) is -4.38. The van der Waals surface area contributed by atoms with Gasteiger partial charge in [0.15, 0.2) is 0 Å². The summed E-state index contributed by atoms with van der Waals surface area (Å²) in [5.74, 6) is 0. The third-order valence-corrected chi connectivity index (χ3v) is 4.57. The normalized spacial score (nSPS) is 11.4. The van der Waals surface area contributed by atoms with E-state index in [2.05, 4.69) is 13.0 Å². The van der Waals surface area contributed by atoms with E-state index in [4.69, 9.17) is 0 Å². The predicted octanol–water partition coefficient (Wildman–Crippen LogP) is 1.26. The summed E-state index contributed by atoms with van der Waals surface area (Å²) < 4.78 is 33.2. The topological polar surface area (TPSA) is 57.2 Å². The molecule has 3 nitrogen and oxygen atoms in total. The maximum absolute atomic E-state index is 11.1. The molecule has 5 heteroatoms. The van der Waals surface area contributed by atoms with Crippen LogP contribution in [0.3, 0.4) is 0 Å². The Balaban J connectivity index is 0.00000242. The molecular formula is C17H21NaO3S. The number of hydrogen-bond donors (Lipinski definition) is 0. The van der Waals surface area contributed by atoms with Crippen LogP contribution in [0.5, 0.6) is 0 Å². The second-order valence-electron chi connectivity index (χ2n) is 5.46. The first-order chi connectivity index (χ1) is 10.0. The minimum Gasteiger partial charge on any atom is -0.744 e. The second kappa shape index (κ2) is 9.04. The van der Waals surface area contributed by atoms with E-state index in [0.717, 1.165) is 23.6 Å². The van der Waals surface area contributed by atoms with Crippen molar-refractivity contribution in [2.75, 3.05) is 0 Å². The van der Waals surface area contributed by atoms with Crippen LogP contribution in [0.15, 0.2) is 41.3 Å². The van der Waals surface area contributed by atoms with Gasteiger partial charge in [-0.25, -0.2) is 8.42 Å². The van der Waals surface area contributed by atoms with Crippen molar-refractivity contribution in [2.45, 2.75) is 50.3 Å². The SMILES string of the molecule is CCCCCCCc1ccc2ccc(S(=O)(=O)[O-])cc2c1.[Na+]. The van der Waals surface area contributed by atoms with E-state index in [1.54, 1.807) is 6.07 Å². The molecule has 0 radical (unpaired) electrons. The minimum atomic E-state index is -4.38. The molecule has 0 unspecified atom stereocenters. The van der Waals surface area contributed by atoms with Crippen molar-refractivity contribution in [3.05, 3.63) is 42.0 Å². The average Bonchev–Trinajstić information content (AvgIpc) is 2.45. The zero-order valence-corrected chi connectivity index (χ0v) is 16.2. The van der Waals surface area contributed by atoms with Gasteiger partial charge in [-0.2, -0.15) is 0 Å². The van der Waals surface area contributed by atoms with E-state index >= 15 is 0 Å². The van der Waals surface area contributed by atoms with Crippen LogP contribution < -0.4 is 29.6 Å². The summed E-state index contributed by atoms with van der Waals surface area (Å²) in [5.41, 5.74) is 1.19. The fraction of sp³-hybridized carbons (Fsp3) is 0.412. The molecule has 0 bridgehead atoms. The summed E-state index contributed by atoms with van der Waals surface area (Å²) in [5, 5.41) is 1.77. The fourth-order valence-corrected chi connectivity index (χ4v) is 3.02. The van der Waals surface area contributed by atoms with Gasteiger partial charge in [0, 0.05) is 0 Å². The van der Waals surface area contributed by atoms with Gasteiger partial charge in [-0.15, -0.1) is 0 Å². The molecule has 2 rings (SSSR count). The van der Waals surface area contributed by atoms with Crippen LogP contribution in [0.25, 0.3) is 10.8 Å². The van der Waals surface area contributed by atoms with Crippen molar-refractivity contribution < 1.29 is 42.5 Å². The molecular weight excluding hydrogens is 307 g/mol. The molecule has 0 amide bonds. The molecule has 0 N–H and O–H groups in total. The molecule has 0 aliphatic carbocycles. The van der Waals surface area contributed by atoms with Crippen LogP contribution in [0, 0.1) is 0 Å². The Kier molecular flexibility index (Phi) is 8.08. The molecule has 22 heavy (non-hydrogen) atoms. The van der Waals surface area contributed by atoms with Gasteiger partial charge in [-0.3, -0.25) is 0 Å². The molecule has 0 fully saturated rings. The van der Waals surface area contributed by atoms with Gasteiger partial charge in [-0.05, 0) is 41.3 Å². The standard InChI is InChI=1S/C17H22O3S.Na/c1-2-3-4-5-6-7-14-8-9-15-10-11-17(21(18,19)20)13-16(15)12-14;/h8-13H,2-7H2,1H3,(H,18,19,20);/q;+1/p-1. The van der Waals surface area contributed by atoms with Crippen LogP contribution in [0.2, 0.25) is 0 Å². The zero-order chi connectivity index (χ0) is 15.3. The molecule has 0 heterocycles. The van der Waals surface area contributed by atoms with Gasteiger partial charge < -0.3 is 4.55 Å². The van der Waals surface area contributed by atoms with Gasteiger partial charge in [0.2, 0.25) is 0 Å². The summed E-state index contributed by atoms with van der Waals surface area (Å²) in [4.78, 5) is -0.157. The average molecular weight is 328 g/mol. The summed E-state index contributed by atoms with van der Waals surface area (Å²) in [6.07, 6.45) is 7.15. The van der Waals surface area contributed by atoms with E-state index in [0.29, 0.717) is 0 Å². The van der Waals surface area contributed by atoms with Crippen molar-refractivity contribution >= 4 is 20.9 Å². The molecule has 0 aromatic heterocycles.